The van der Waals surface area contributed by atoms with E-state index in [1.807, 2.05) is 44.3 Å². The fourth-order valence-corrected chi connectivity index (χ4v) is 7.59. The van der Waals surface area contributed by atoms with Gasteiger partial charge in [0.1, 0.15) is 11.5 Å². The zero-order chi connectivity index (χ0) is 25.4. The number of likely N-dealkylation sites (tertiary alicyclic amines) is 1. The minimum Gasteiger partial charge on any atom is -0.504 e. The number of likely N-dealkylation sites (N-methyl/N-ethyl adjacent to an activating group) is 2. The fraction of sp³-hybridized carbons (Fsp3) is 0.464. The van der Waals surface area contributed by atoms with E-state index in [9.17, 15) is 20.0 Å². The molecule has 0 unspecified atom stereocenters. The van der Waals surface area contributed by atoms with Crippen molar-refractivity contribution in [3.63, 3.8) is 0 Å². The van der Waals surface area contributed by atoms with Gasteiger partial charge in [-0.3, -0.25) is 19.8 Å². The van der Waals surface area contributed by atoms with Crippen LogP contribution in [0.1, 0.15) is 41.5 Å². The standard InChI is InChI=1S/C28H29N3O5/c1-17-5-4-6-18(15-17)7-10-23(33)30(3)20-11-12-28(31(34)35)22-16-19-8-9-21(32)25-24(19)27(28,26(20)36-25)13-14-29(22)2/h4-6,8-9,15,20,22,26,32H,11-14,16H2,1-3H3/t20-,22+,26-,27-,28+/m0/s1. The zero-order valence-corrected chi connectivity index (χ0v) is 20.7. The summed E-state index contributed by atoms with van der Waals surface area (Å²) in [5, 5.41) is 23.7. The van der Waals surface area contributed by atoms with E-state index in [4.69, 9.17) is 4.74 Å². The van der Waals surface area contributed by atoms with Crippen molar-refractivity contribution in [2.24, 2.45) is 0 Å². The first-order valence-corrected chi connectivity index (χ1v) is 12.4. The van der Waals surface area contributed by atoms with Crippen LogP contribution in [0.5, 0.6) is 11.5 Å². The second-order valence-electron chi connectivity index (χ2n) is 10.7. The SMILES string of the molecule is Cc1cccc(C#CC(=O)N(C)[C@H]2CC[C@@]3([N+](=O)[O-])[C@H]4Cc5ccc(O)c6c5[C@@]3(CCN4C)[C@H]2O6)c1. The van der Waals surface area contributed by atoms with Crippen molar-refractivity contribution >= 4 is 5.91 Å². The molecular formula is C28H29N3O5. The van der Waals surface area contributed by atoms with Crippen LogP contribution in [0, 0.1) is 28.9 Å². The predicted octanol–water partition coefficient (Wildman–Crippen LogP) is 2.65. The number of carbonyl (C=O) groups is 1. The van der Waals surface area contributed by atoms with Crippen molar-refractivity contribution in [1.82, 2.24) is 9.80 Å². The quantitative estimate of drug-likeness (QED) is 0.398. The molecule has 1 saturated heterocycles. The number of amides is 1. The van der Waals surface area contributed by atoms with Gasteiger partial charge in [-0.1, -0.05) is 24.1 Å². The number of phenols is 1. The van der Waals surface area contributed by atoms with Crippen molar-refractivity contribution in [3.05, 3.63) is 68.8 Å². The highest BCUT2D eigenvalue weighted by Crippen LogP contribution is 2.66. The third-order valence-electron chi connectivity index (χ3n) is 9.17. The molecule has 2 fully saturated rings. The highest BCUT2D eigenvalue weighted by Gasteiger charge is 2.80. The number of aryl methyl sites for hydroxylation is 1. The number of rotatable bonds is 2. The van der Waals surface area contributed by atoms with E-state index >= 15 is 0 Å². The Kier molecular flexibility index (Phi) is 4.90. The molecule has 1 spiro atoms. The Bertz CT molecular complexity index is 1360. The van der Waals surface area contributed by atoms with E-state index in [1.165, 1.54) is 0 Å². The number of aromatic hydroxyl groups is 1. The lowest BCUT2D eigenvalue weighted by Crippen LogP contribution is -2.80. The van der Waals surface area contributed by atoms with Gasteiger partial charge in [-0.15, -0.1) is 0 Å². The maximum Gasteiger partial charge on any atom is 0.298 e. The molecule has 2 aliphatic heterocycles. The third-order valence-corrected chi connectivity index (χ3v) is 9.17. The first-order chi connectivity index (χ1) is 17.2. The smallest absolute Gasteiger partial charge is 0.298 e. The van der Waals surface area contributed by atoms with Crippen LogP contribution in [-0.4, -0.2) is 70.1 Å². The van der Waals surface area contributed by atoms with Crippen molar-refractivity contribution in [3.8, 4) is 23.3 Å². The summed E-state index contributed by atoms with van der Waals surface area (Å²) in [4.78, 5) is 29.8. The molecule has 2 heterocycles. The Morgan fingerprint density at radius 3 is 2.86 bits per heavy atom. The number of benzene rings is 2. The summed E-state index contributed by atoms with van der Waals surface area (Å²) in [6, 6.07) is 10.5. The average Bonchev–Trinajstić information content (AvgIpc) is 3.21. The Balaban J connectivity index is 1.44. The highest BCUT2D eigenvalue weighted by molar-refractivity contribution is 5.94. The number of carbonyl (C=O) groups excluding carboxylic acids is 1. The minimum absolute atomic E-state index is 0.000815. The van der Waals surface area contributed by atoms with Gasteiger partial charge < -0.3 is 14.7 Å². The Hall–Kier alpha value is -3.57. The second kappa shape index (κ2) is 7.71. The summed E-state index contributed by atoms with van der Waals surface area (Å²) in [6.07, 6.45) is 1.19. The van der Waals surface area contributed by atoms with Gasteiger partial charge in [-0.2, -0.15) is 0 Å². The topological polar surface area (TPSA) is 96.2 Å². The van der Waals surface area contributed by atoms with Crippen LogP contribution in [0.25, 0.3) is 0 Å². The Morgan fingerprint density at radius 2 is 2.11 bits per heavy atom. The van der Waals surface area contributed by atoms with Crippen molar-refractivity contribution < 1.29 is 19.6 Å². The summed E-state index contributed by atoms with van der Waals surface area (Å²) >= 11 is 0. The first-order valence-electron chi connectivity index (χ1n) is 12.4. The van der Waals surface area contributed by atoms with Gasteiger partial charge in [0.15, 0.2) is 11.5 Å². The van der Waals surface area contributed by atoms with Gasteiger partial charge in [0.25, 0.3) is 11.4 Å². The number of ether oxygens (including phenoxy) is 1. The molecule has 2 bridgehead atoms. The van der Waals surface area contributed by atoms with Crippen LogP contribution in [0.4, 0.5) is 0 Å². The fourth-order valence-electron chi connectivity index (χ4n) is 7.59. The first kappa shape index (κ1) is 22.9. The van der Waals surface area contributed by atoms with E-state index < -0.39 is 23.1 Å². The van der Waals surface area contributed by atoms with E-state index in [1.54, 1.807) is 18.0 Å². The monoisotopic (exact) mass is 487 g/mol. The number of piperidine rings is 1. The molecule has 8 heteroatoms. The molecule has 5 atom stereocenters. The van der Waals surface area contributed by atoms with Crippen LogP contribution in [0.2, 0.25) is 0 Å². The zero-order valence-electron chi connectivity index (χ0n) is 20.7. The molecule has 2 aromatic carbocycles. The van der Waals surface area contributed by atoms with Gasteiger partial charge >= 0.3 is 0 Å². The molecule has 36 heavy (non-hydrogen) atoms. The summed E-state index contributed by atoms with van der Waals surface area (Å²) in [5.74, 6) is 5.71. The average molecular weight is 488 g/mol. The van der Waals surface area contributed by atoms with Crippen molar-refractivity contribution in [1.29, 1.82) is 0 Å². The van der Waals surface area contributed by atoms with Gasteiger partial charge in [0.2, 0.25) is 0 Å². The van der Waals surface area contributed by atoms with Crippen LogP contribution < -0.4 is 4.74 Å². The second-order valence-corrected chi connectivity index (χ2v) is 10.7. The van der Waals surface area contributed by atoms with Crippen molar-refractivity contribution in [2.75, 3.05) is 20.6 Å². The minimum atomic E-state index is -1.25. The normalized spacial score (nSPS) is 31.5. The lowest BCUT2D eigenvalue weighted by Gasteiger charge is -2.60. The van der Waals surface area contributed by atoms with E-state index in [0.29, 0.717) is 38.0 Å². The van der Waals surface area contributed by atoms with Gasteiger partial charge in [-0.25, -0.2) is 0 Å². The van der Waals surface area contributed by atoms with Crippen molar-refractivity contribution in [2.45, 2.75) is 61.7 Å². The molecule has 1 saturated carbocycles. The predicted molar refractivity (Wildman–Crippen MR) is 133 cm³/mol. The molecule has 186 valence electrons. The molecule has 8 nitrogen and oxygen atoms in total. The molecule has 6 rings (SSSR count). The van der Waals surface area contributed by atoms with E-state index in [0.717, 1.165) is 22.3 Å². The lowest BCUT2D eigenvalue weighted by atomic mass is 9.47. The van der Waals surface area contributed by atoms with Crippen LogP contribution in [-0.2, 0) is 16.6 Å². The summed E-state index contributed by atoms with van der Waals surface area (Å²) in [6.45, 7) is 2.66. The number of phenolic OH excluding ortho intramolecular Hbond substituents is 1. The van der Waals surface area contributed by atoms with Gasteiger partial charge in [0, 0.05) is 35.4 Å². The molecule has 2 aromatic rings. The van der Waals surface area contributed by atoms with Gasteiger partial charge in [0.05, 0.1) is 12.1 Å². The van der Waals surface area contributed by atoms with Gasteiger partial charge in [-0.05, 0) is 69.1 Å². The molecule has 4 aliphatic rings. The maximum absolute atomic E-state index is 13.2. The largest absolute Gasteiger partial charge is 0.504 e. The summed E-state index contributed by atoms with van der Waals surface area (Å²) in [5.41, 5.74) is 1.43. The number of nitro groups is 1. The Labute approximate surface area is 210 Å². The molecular weight excluding hydrogens is 458 g/mol. The molecule has 1 N–H and O–H groups in total. The van der Waals surface area contributed by atoms with E-state index in [-0.39, 0.29) is 22.6 Å². The van der Waals surface area contributed by atoms with E-state index in [2.05, 4.69) is 16.7 Å². The summed E-state index contributed by atoms with van der Waals surface area (Å²) < 4.78 is 6.47. The lowest BCUT2D eigenvalue weighted by molar-refractivity contribution is -0.605. The Morgan fingerprint density at radius 1 is 1.31 bits per heavy atom. The molecule has 1 amide bonds. The summed E-state index contributed by atoms with van der Waals surface area (Å²) in [7, 11) is 3.67. The third kappa shape index (κ3) is 2.78. The molecule has 0 radical (unpaired) electrons. The molecule has 2 aliphatic carbocycles. The highest BCUT2D eigenvalue weighted by atomic mass is 16.6. The number of nitrogens with zero attached hydrogens (tertiary/aromatic N) is 3. The number of hydrogen-bond acceptors (Lipinski definition) is 6. The molecule has 0 aromatic heterocycles. The van der Waals surface area contributed by atoms with Crippen LogP contribution in [0.3, 0.4) is 0 Å². The number of hydrogen-bond donors (Lipinski definition) is 1. The maximum atomic E-state index is 13.2. The van der Waals surface area contributed by atoms with Crippen LogP contribution >= 0.6 is 0 Å². The van der Waals surface area contributed by atoms with Crippen LogP contribution in [0.15, 0.2) is 36.4 Å².